The van der Waals surface area contributed by atoms with E-state index in [1.165, 1.54) is 7.11 Å². The molecule has 0 saturated carbocycles. The summed E-state index contributed by atoms with van der Waals surface area (Å²) >= 11 is 0. The minimum atomic E-state index is -0.141. The molecule has 16 heavy (non-hydrogen) atoms. The molecule has 0 radical (unpaired) electrons. The van der Waals surface area contributed by atoms with Crippen LogP contribution in [0.4, 0.5) is 0 Å². The van der Waals surface area contributed by atoms with Crippen LogP contribution in [-0.2, 0) is 0 Å². The number of hydrogen-bond donors (Lipinski definition) is 1. The van der Waals surface area contributed by atoms with Gasteiger partial charge in [-0.25, -0.2) is 0 Å². The molecule has 0 atom stereocenters. The van der Waals surface area contributed by atoms with Gasteiger partial charge in [-0.1, -0.05) is 13.0 Å². The van der Waals surface area contributed by atoms with Crippen molar-refractivity contribution in [3.8, 4) is 11.5 Å². The van der Waals surface area contributed by atoms with Gasteiger partial charge in [-0.15, -0.1) is 0 Å². The van der Waals surface area contributed by atoms with Crippen molar-refractivity contribution < 1.29 is 14.3 Å². The number of ether oxygens (including phenoxy) is 2. The standard InChI is InChI=1S/C12H17NO3/c1-4-8-13-12(14)9-6-5-7-10(15-2)11(9)16-3/h5-7H,4,8H2,1-3H3,(H,13,14). The molecule has 0 aliphatic heterocycles. The number of rotatable bonds is 5. The van der Waals surface area contributed by atoms with Gasteiger partial charge in [0, 0.05) is 6.54 Å². The molecule has 0 unspecified atom stereocenters. The minimum Gasteiger partial charge on any atom is -0.493 e. The molecule has 0 aliphatic rings. The Bertz CT molecular complexity index is 363. The number of benzene rings is 1. The van der Waals surface area contributed by atoms with E-state index in [2.05, 4.69) is 5.32 Å². The smallest absolute Gasteiger partial charge is 0.255 e. The quantitative estimate of drug-likeness (QED) is 0.828. The van der Waals surface area contributed by atoms with E-state index in [0.29, 0.717) is 23.6 Å². The Hall–Kier alpha value is -1.71. The Morgan fingerprint density at radius 1 is 1.31 bits per heavy atom. The Labute approximate surface area is 95.6 Å². The highest BCUT2D eigenvalue weighted by atomic mass is 16.5. The Morgan fingerprint density at radius 2 is 2.06 bits per heavy atom. The summed E-state index contributed by atoms with van der Waals surface area (Å²) < 4.78 is 10.3. The van der Waals surface area contributed by atoms with Crippen molar-refractivity contribution in [3.05, 3.63) is 23.8 Å². The van der Waals surface area contributed by atoms with Crippen LogP contribution in [0.15, 0.2) is 18.2 Å². The molecule has 4 nitrogen and oxygen atoms in total. The van der Waals surface area contributed by atoms with Crippen LogP contribution >= 0.6 is 0 Å². The Morgan fingerprint density at radius 3 is 2.62 bits per heavy atom. The summed E-state index contributed by atoms with van der Waals surface area (Å²) in [6, 6.07) is 5.24. The molecule has 0 spiro atoms. The van der Waals surface area contributed by atoms with E-state index in [-0.39, 0.29) is 5.91 Å². The second kappa shape index (κ2) is 6.00. The highest BCUT2D eigenvalue weighted by Crippen LogP contribution is 2.30. The number of para-hydroxylation sites is 1. The van der Waals surface area contributed by atoms with E-state index in [1.807, 2.05) is 6.92 Å². The maximum Gasteiger partial charge on any atom is 0.255 e. The first-order chi connectivity index (χ1) is 7.74. The number of methoxy groups -OCH3 is 2. The average molecular weight is 223 g/mol. The lowest BCUT2D eigenvalue weighted by atomic mass is 10.1. The first-order valence-electron chi connectivity index (χ1n) is 5.23. The van der Waals surface area contributed by atoms with Crippen LogP contribution in [0.3, 0.4) is 0 Å². The fraction of sp³-hybridized carbons (Fsp3) is 0.417. The van der Waals surface area contributed by atoms with Crippen molar-refractivity contribution in [2.75, 3.05) is 20.8 Å². The molecule has 0 saturated heterocycles. The van der Waals surface area contributed by atoms with Gasteiger partial charge in [0.1, 0.15) is 0 Å². The Kier molecular flexibility index (Phi) is 4.64. The monoisotopic (exact) mass is 223 g/mol. The Balaban J connectivity index is 2.98. The summed E-state index contributed by atoms with van der Waals surface area (Å²) in [5.41, 5.74) is 0.496. The fourth-order valence-electron chi connectivity index (χ4n) is 1.40. The second-order valence-corrected chi connectivity index (χ2v) is 3.30. The zero-order chi connectivity index (χ0) is 12.0. The predicted molar refractivity (Wildman–Crippen MR) is 62.2 cm³/mol. The summed E-state index contributed by atoms with van der Waals surface area (Å²) in [6.45, 7) is 2.66. The molecule has 1 N–H and O–H groups in total. The number of nitrogens with one attached hydrogen (secondary N) is 1. The number of carbonyl (C=O) groups is 1. The third-order valence-corrected chi connectivity index (χ3v) is 2.18. The van der Waals surface area contributed by atoms with Crippen LogP contribution in [-0.4, -0.2) is 26.7 Å². The van der Waals surface area contributed by atoms with Crippen molar-refractivity contribution in [2.24, 2.45) is 0 Å². The topological polar surface area (TPSA) is 47.6 Å². The third kappa shape index (κ3) is 2.66. The normalized spacial score (nSPS) is 9.69. The lowest BCUT2D eigenvalue weighted by molar-refractivity contribution is 0.0950. The van der Waals surface area contributed by atoms with Gasteiger partial charge < -0.3 is 14.8 Å². The number of amides is 1. The van der Waals surface area contributed by atoms with Gasteiger partial charge >= 0.3 is 0 Å². The third-order valence-electron chi connectivity index (χ3n) is 2.18. The van der Waals surface area contributed by atoms with Gasteiger partial charge in [0.05, 0.1) is 19.8 Å². The molecule has 0 fully saturated rings. The van der Waals surface area contributed by atoms with Crippen LogP contribution < -0.4 is 14.8 Å². The van der Waals surface area contributed by atoms with E-state index in [4.69, 9.17) is 9.47 Å². The molecular formula is C12H17NO3. The summed E-state index contributed by atoms with van der Waals surface area (Å²) in [7, 11) is 3.07. The highest BCUT2D eigenvalue weighted by Gasteiger charge is 2.15. The van der Waals surface area contributed by atoms with Crippen molar-refractivity contribution in [2.45, 2.75) is 13.3 Å². The van der Waals surface area contributed by atoms with E-state index in [9.17, 15) is 4.79 Å². The second-order valence-electron chi connectivity index (χ2n) is 3.30. The minimum absolute atomic E-state index is 0.141. The maximum absolute atomic E-state index is 11.8. The summed E-state index contributed by atoms with van der Waals surface area (Å²) in [5.74, 6) is 0.892. The van der Waals surface area contributed by atoms with E-state index in [0.717, 1.165) is 6.42 Å². The molecular weight excluding hydrogens is 206 g/mol. The molecule has 0 aromatic heterocycles. The van der Waals surface area contributed by atoms with Gasteiger partial charge in [0.15, 0.2) is 11.5 Å². The molecule has 0 heterocycles. The van der Waals surface area contributed by atoms with Crippen molar-refractivity contribution in [3.63, 3.8) is 0 Å². The van der Waals surface area contributed by atoms with Gasteiger partial charge in [0.2, 0.25) is 0 Å². The molecule has 0 aliphatic carbocycles. The summed E-state index contributed by atoms with van der Waals surface area (Å²) in [4.78, 5) is 11.8. The van der Waals surface area contributed by atoms with Gasteiger partial charge in [-0.2, -0.15) is 0 Å². The van der Waals surface area contributed by atoms with Crippen LogP contribution in [0, 0.1) is 0 Å². The van der Waals surface area contributed by atoms with Crippen molar-refractivity contribution in [1.82, 2.24) is 5.32 Å². The average Bonchev–Trinajstić information content (AvgIpc) is 2.34. The predicted octanol–water partition coefficient (Wildman–Crippen LogP) is 1.84. The van der Waals surface area contributed by atoms with Crippen LogP contribution in [0.5, 0.6) is 11.5 Å². The highest BCUT2D eigenvalue weighted by molar-refractivity contribution is 5.97. The molecule has 0 bridgehead atoms. The molecule has 1 amide bonds. The SMILES string of the molecule is CCCNC(=O)c1cccc(OC)c1OC. The lowest BCUT2D eigenvalue weighted by Crippen LogP contribution is -2.24. The van der Waals surface area contributed by atoms with Crippen molar-refractivity contribution >= 4 is 5.91 Å². The van der Waals surface area contributed by atoms with Gasteiger partial charge in [0.25, 0.3) is 5.91 Å². The molecule has 1 aromatic carbocycles. The van der Waals surface area contributed by atoms with Crippen LogP contribution in [0.25, 0.3) is 0 Å². The van der Waals surface area contributed by atoms with Crippen LogP contribution in [0.1, 0.15) is 23.7 Å². The molecule has 88 valence electrons. The fourth-order valence-corrected chi connectivity index (χ4v) is 1.40. The van der Waals surface area contributed by atoms with Gasteiger partial charge in [-0.3, -0.25) is 4.79 Å². The largest absolute Gasteiger partial charge is 0.493 e. The van der Waals surface area contributed by atoms with E-state index < -0.39 is 0 Å². The molecule has 4 heteroatoms. The molecule has 1 rings (SSSR count). The first kappa shape index (κ1) is 12.4. The van der Waals surface area contributed by atoms with E-state index >= 15 is 0 Å². The molecule has 1 aromatic rings. The summed E-state index contributed by atoms with van der Waals surface area (Å²) in [5, 5.41) is 2.80. The summed E-state index contributed by atoms with van der Waals surface area (Å²) in [6.07, 6.45) is 0.901. The van der Waals surface area contributed by atoms with Crippen LogP contribution in [0.2, 0.25) is 0 Å². The zero-order valence-electron chi connectivity index (χ0n) is 9.87. The maximum atomic E-state index is 11.8. The first-order valence-corrected chi connectivity index (χ1v) is 5.23. The van der Waals surface area contributed by atoms with E-state index in [1.54, 1.807) is 25.3 Å². The van der Waals surface area contributed by atoms with Gasteiger partial charge in [-0.05, 0) is 18.6 Å². The zero-order valence-corrected chi connectivity index (χ0v) is 9.87. The lowest BCUT2D eigenvalue weighted by Gasteiger charge is -2.12. The van der Waals surface area contributed by atoms with Crippen molar-refractivity contribution in [1.29, 1.82) is 0 Å². The number of hydrogen-bond acceptors (Lipinski definition) is 3. The number of carbonyl (C=O) groups excluding carboxylic acids is 1.